The third-order valence-corrected chi connectivity index (χ3v) is 4.59. The Hall–Kier alpha value is -2.04. The first-order valence-electron chi connectivity index (χ1n) is 8.82. The highest BCUT2D eigenvalue weighted by atomic mass is 35.5. The van der Waals surface area contributed by atoms with Crippen molar-refractivity contribution in [1.82, 2.24) is 5.32 Å². The number of aryl methyl sites for hydroxylation is 1. The Kier molecular flexibility index (Phi) is 7.06. The van der Waals surface area contributed by atoms with E-state index in [0.29, 0.717) is 17.3 Å². The van der Waals surface area contributed by atoms with Gasteiger partial charge in [0.15, 0.2) is 6.61 Å². The predicted octanol–water partition coefficient (Wildman–Crippen LogP) is 4.94. The lowest BCUT2D eigenvalue weighted by Gasteiger charge is -2.25. The van der Waals surface area contributed by atoms with Gasteiger partial charge in [0.25, 0.3) is 5.91 Å². The van der Waals surface area contributed by atoms with Crippen molar-refractivity contribution >= 4 is 23.2 Å². The zero-order valence-corrected chi connectivity index (χ0v) is 16.6. The van der Waals surface area contributed by atoms with Gasteiger partial charge in [-0.2, -0.15) is 0 Å². The van der Waals surface area contributed by atoms with Gasteiger partial charge in [0.2, 0.25) is 0 Å². The van der Waals surface area contributed by atoms with Crippen LogP contribution in [0.25, 0.3) is 0 Å². The van der Waals surface area contributed by atoms with Gasteiger partial charge >= 0.3 is 0 Å². The van der Waals surface area contributed by atoms with E-state index >= 15 is 0 Å². The highest BCUT2D eigenvalue weighted by Gasteiger charge is 2.15. The molecule has 4 nitrogen and oxygen atoms in total. The molecule has 1 amide bonds. The van der Waals surface area contributed by atoms with Crippen LogP contribution in [0.15, 0.2) is 42.5 Å². The second-order valence-electron chi connectivity index (χ2n) is 7.05. The van der Waals surface area contributed by atoms with Crippen LogP contribution in [0.5, 0.6) is 5.75 Å². The number of benzene rings is 2. The molecule has 0 spiro atoms. The van der Waals surface area contributed by atoms with Crippen LogP contribution in [0.1, 0.15) is 38.3 Å². The van der Waals surface area contributed by atoms with Gasteiger partial charge in [-0.25, -0.2) is 0 Å². The Morgan fingerprint density at radius 1 is 1.15 bits per heavy atom. The molecule has 0 aromatic heterocycles. The summed E-state index contributed by atoms with van der Waals surface area (Å²) in [5.41, 5.74) is 2.85. The number of hydrogen-bond donors (Lipinski definition) is 2. The molecule has 0 radical (unpaired) electrons. The molecule has 0 bridgehead atoms. The van der Waals surface area contributed by atoms with Crippen molar-refractivity contribution in [3.63, 3.8) is 0 Å². The molecule has 0 aliphatic rings. The average Bonchev–Trinajstić information content (AvgIpc) is 2.61. The van der Waals surface area contributed by atoms with E-state index in [0.717, 1.165) is 23.2 Å². The van der Waals surface area contributed by atoms with Gasteiger partial charge < -0.3 is 15.4 Å². The average molecular weight is 375 g/mol. The largest absolute Gasteiger partial charge is 0.483 e. The van der Waals surface area contributed by atoms with Gasteiger partial charge in [0.1, 0.15) is 5.75 Å². The summed E-state index contributed by atoms with van der Waals surface area (Å²) in [5, 5.41) is 6.96. The lowest BCUT2D eigenvalue weighted by atomic mass is 10.0. The van der Waals surface area contributed by atoms with Crippen molar-refractivity contribution in [2.75, 3.05) is 11.9 Å². The molecule has 2 aromatic carbocycles. The third kappa shape index (κ3) is 6.36. The maximum atomic E-state index is 12.1. The van der Waals surface area contributed by atoms with Crippen LogP contribution >= 0.6 is 11.6 Å². The number of anilines is 1. The number of ether oxygens (including phenoxy) is 1. The van der Waals surface area contributed by atoms with Crippen LogP contribution in [-0.2, 0) is 11.3 Å². The number of halogens is 1. The number of amides is 1. The zero-order chi connectivity index (χ0) is 19.2. The second kappa shape index (κ2) is 9.06. The normalized spacial score (nSPS) is 11.3. The number of hydrogen-bond acceptors (Lipinski definition) is 3. The van der Waals surface area contributed by atoms with Crippen molar-refractivity contribution in [3.05, 3.63) is 58.6 Å². The Bertz CT molecular complexity index is 742. The minimum atomic E-state index is -0.198. The van der Waals surface area contributed by atoms with E-state index in [1.807, 2.05) is 37.3 Å². The van der Waals surface area contributed by atoms with Gasteiger partial charge in [0.05, 0.1) is 0 Å². The van der Waals surface area contributed by atoms with Crippen molar-refractivity contribution in [1.29, 1.82) is 0 Å². The molecule has 5 heteroatoms. The van der Waals surface area contributed by atoms with Gasteiger partial charge in [-0.05, 0) is 57.5 Å². The smallest absolute Gasteiger partial charge is 0.262 e. The van der Waals surface area contributed by atoms with E-state index in [1.54, 1.807) is 12.1 Å². The van der Waals surface area contributed by atoms with Crippen molar-refractivity contribution in [3.8, 4) is 5.75 Å². The van der Waals surface area contributed by atoms with Crippen LogP contribution in [-0.4, -0.2) is 18.1 Å². The molecule has 0 heterocycles. The predicted molar refractivity (Wildman–Crippen MR) is 108 cm³/mol. The maximum absolute atomic E-state index is 12.1. The summed E-state index contributed by atoms with van der Waals surface area (Å²) in [7, 11) is 0. The van der Waals surface area contributed by atoms with E-state index < -0.39 is 0 Å². The van der Waals surface area contributed by atoms with Crippen LogP contribution in [0.4, 0.5) is 5.69 Å². The van der Waals surface area contributed by atoms with E-state index in [4.69, 9.17) is 16.3 Å². The van der Waals surface area contributed by atoms with E-state index in [9.17, 15) is 4.79 Å². The van der Waals surface area contributed by atoms with Gasteiger partial charge in [-0.1, -0.05) is 36.2 Å². The van der Waals surface area contributed by atoms with Crippen LogP contribution in [0.2, 0.25) is 5.02 Å². The van der Waals surface area contributed by atoms with Gasteiger partial charge in [-0.3, -0.25) is 4.79 Å². The van der Waals surface area contributed by atoms with Crippen LogP contribution < -0.4 is 15.4 Å². The summed E-state index contributed by atoms with van der Waals surface area (Å²) in [6.07, 6.45) is 1.00. The summed E-state index contributed by atoms with van der Waals surface area (Å²) < 4.78 is 5.74. The molecule has 0 aliphatic carbocycles. The first-order chi connectivity index (χ1) is 12.3. The van der Waals surface area contributed by atoms with E-state index in [-0.39, 0.29) is 18.1 Å². The monoisotopic (exact) mass is 374 g/mol. The molecule has 0 aliphatic heterocycles. The molecule has 140 valence electrons. The highest BCUT2D eigenvalue weighted by Crippen LogP contribution is 2.24. The SMILES string of the molecule is CCC(C)(C)NCc1cc(Cl)ccc1OCC(=O)Nc1ccc(C)cc1. The number of carbonyl (C=O) groups is 1. The molecule has 0 atom stereocenters. The fraction of sp³-hybridized carbons (Fsp3) is 0.381. The van der Waals surface area contributed by atoms with Crippen LogP contribution in [0, 0.1) is 6.92 Å². The van der Waals surface area contributed by atoms with Gasteiger partial charge in [0, 0.05) is 28.4 Å². The Balaban J connectivity index is 1.97. The molecule has 26 heavy (non-hydrogen) atoms. The topological polar surface area (TPSA) is 50.4 Å². The molecular formula is C21H27ClN2O2. The molecule has 0 saturated heterocycles. The number of carbonyl (C=O) groups excluding carboxylic acids is 1. The first-order valence-corrected chi connectivity index (χ1v) is 9.19. The standard InChI is InChI=1S/C21H27ClN2O2/c1-5-21(3,4)23-13-16-12-17(22)8-11-19(16)26-14-20(25)24-18-9-6-15(2)7-10-18/h6-12,23H,5,13-14H2,1-4H3,(H,24,25). The Labute approximate surface area is 160 Å². The third-order valence-electron chi connectivity index (χ3n) is 4.36. The minimum Gasteiger partial charge on any atom is -0.483 e. The fourth-order valence-electron chi connectivity index (χ4n) is 2.26. The molecule has 0 fully saturated rings. The maximum Gasteiger partial charge on any atom is 0.262 e. The summed E-state index contributed by atoms with van der Waals surface area (Å²) >= 11 is 6.12. The van der Waals surface area contributed by atoms with E-state index in [1.165, 1.54) is 0 Å². The lowest BCUT2D eigenvalue weighted by molar-refractivity contribution is -0.118. The lowest BCUT2D eigenvalue weighted by Crippen LogP contribution is -2.37. The Morgan fingerprint density at radius 3 is 2.50 bits per heavy atom. The Morgan fingerprint density at radius 2 is 1.85 bits per heavy atom. The molecule has 2 rings (SSSR count). The van der Waals surface area contributed by atoms with E-state index in [2.05, 4.69) is 31.4 Å². The first kappa shape index (κ1) is 20.3. The number of nitrogens with one attached hydrogen (secondary N) is 2. The zero-order valence-electron chi connectivity index (χ0n) is 15.9. The van der Waals surface area contributed by atoms with Gasteiger partial charge in [-0.15, -0.1) is 0 Å². The van der Waals surface area contributed by atoms with Crippen LogP contribution in [0.3, 0.4) is 0 Å². The van der Waals surface area contributed by atoms with Crippen molar-refractivity contribution in [2.45, 2.75) is 46.2 Å². The summed E-state index contributed by atoms with van der Waals surface area (Å²) in [5.74, 6) is 0.462. The molecule has 2 N–H and O–H groups in total. The summed E-state index contributed by atoms with van der Waals surface area (Å²) in [6, 6.07) is 13.1. The second-order valence-corrected chi connectivity index (χ2v) is 7.48. The molecule has 2 aromatic rings. The summed E-state index contributed by atoms with van der Waals surface area (Å²) in [6.45, 7) is 9.00. The summed E-state index contributed by atoms with van der Waals surface area (Å²) in [4.78, 5) is 12.1. The highest BCUT2D eigenvalue weighted by molar-refractivity contribution is 6.30. The quantitative estimate of drug-likeness (QED) is 0.687. The fourth-order valence-corrected chi connectivity index (χ4v) is 2.46. The number of rotatable bonds is 8. The van der Waals surface area contributed by atoms with Crippen molar-refractivity contribution in [2.24, 2.45) is 0 Å². The molecule has 0 saturated carbocycles. The van der Waals surface area contributed by atoms with Crippen molar-refractivity contribution < 1.29 is 9.53 Å². The molecule has 0 unspecified atom stereocenters. The minimum absolute atomic E-state index is 0.0163. The molecular weight excluding hydrogens is 348 g/mol.